The number of hydrogen-bond acceptors (Lipinski definition) is 11. The van der Waals surface area contributed by atoms with Gasteiger partial charge in [0.1, 0.15) is 10.0 Å². The molecule has 4 rings (SSSR count). The number of aryl methyl sites for hydroxylation is 2. The molecule has 3 aromatic rings. The molecule has 0 radical (unpaired) electrons. The van der Waals surface area contributed by atoms with Crippen molar-refractivity contribution in [3.63, 3.8) is 0 Å². The number of aliphatic imine (C=N–C) groups is 1. The second-order valence-corrected chi connectivity index (χ2v) is 12.8. The zero-order valence-corrected chi connectivity index (χ0v) is 25.2. The number of nitrogens with zero attached hydrogens (tertiary/aromatic N) is 5. The summed E-state index contributed by atoms with van der Waals surface area (Å²) in [6, 6.07) is 7.75. The van der Waals surface area contributed by atoms with Gasteiger partial charge in [0.15, 0.2) is 0 Å². The van der Waals surface area contributed by atoms with E-state index in [2.05, 4.69) is 55.7 Å². The lowest BCUT2D eigenvalue weighted by molar-refractivity contribution is -0.116. The van der Waals surface area contributed by atoms with Gasteiger partial charge in [-0.25, -0.2) is 0 Å². The lowest BCUT2D eigenvalue weighted by Crippen LogP contribution is -2.14. The van der Waals surface area contributed by atoms with E-state index in [0.29, 0.717) is 22.7 Å². The lowest BCUT2D eigenvalue weighted by atomic mass is 9.89. The van der Waals surface area contributed by atoms with Crippen LogP contribution in [0.25, 0.3) is 0 Å². The third kappa shape index (κ3) is 9.80. The van der Waals surface area contributed by atoms with E-state index in [4.69, 9.17) is 5.41 Å². The van der Waals surface area contributed by atoms with Crippen molar-refractivity contribution in [2.24, 2.45) is 10.9 Å². The molecule has 1 aliphatic carbocycles. The largest absolute Gasteiger partial charge is 0.308 e. The Kier molecular flexibility index (Phi) is 11.5. The molecule has 0 spiro atoms. The summed E-state index contributed by atoms with van der Waals surface area (Å²) in [6.07, 6.45) is 8.22. The standard InChI is InChI=1S/C28H32N8O2S3/c1-18-6-7-20(13-22(18)16-29)15-24(38)32-28-36-34-26(41-28)9-11-39-10-8-25-33-35-27(40-25)31-23(37)14-19-4-3-5-21(12-19)17-30-2/h3-5,7,12-13,16,18,29H,2,6,8-11,14-15,17H2,1H3,(H,31,35,37)(H,32,36,38). The van der Waals surface area contributed by atoms with Gasteiger partial charge in [0.2, 0.25) is 22.1 Å². The van der Waals surface area contributed by atoms with E-state index in [-0.39, 0.29) is 24.7 Å². The minimum absolute atomic E-state index is 0.132. The highest BCUT2D eigenvalue weighted by atomic mass is 32.2. The monoisotopic (exact) mass is 608 g/mol. The fraction of sp³-hybridized carbons (Fsp3) is 0.357. The molecule has 41 heavy (non-hydrogen) atoms. The number of aromatic nitrogens is 4. The van der Waals surface area contributed by atoms with Crippen LogP contribution in [0.1, 0.15) is 40.9 Å². The molecule has 0 saturated carbocycles. The van der Waals surface area contributed by atoms with Crippen molar-refractivity contribution in [3.05, 3.63) is 68.7 Å². The Bertz CT molecular complexity index is 1450. The zero-order chi connectivity index (χ0) is 29.0. The molecular weight excluding hydrogens is 577 g/mol. The molecule has 0 aliphatic heterocycles. The first kappa shape index (κ1) is 30.4. The number of nitrogens with one attached hydrogen (secondary N) is 3. The molecule has 10 nitrogen and oxygen atoms in total. The molecule has 13 heteroatoms. The molecule has 1 atom stereocenters. The first-order valence-corrected chi connectivity index (χ1v) is 15.9. The predicted octanol–water partition coefficient (Wildman–Crippen LogP) is 5.16. The van der Waals surface area contributed by atoms with Crippen LogP contribution in [0.3, 0.4) is 0 Å². The summed E-state index contributed by atoms with van der Waals surface area (Å²) in [5.41, 5.74) is 3.81. The van der Waals surface area contributed by atoms with Crippen LogP contribution in [0.2, 0.25) is 0 Å². The quantitative estimate of drug-likeness (QED) is 0.160. The van der Waals surface area contributed by atoms with Crippen LogP contribution in [-0.4, -0.2) is 56.6 Å². The number of rotatable bonds is 15. The number of amides is 2. The number of thioether (sulfide) groups is 1. The molecule has 1 unspecified atom stereocenters. The van der Waals surface area contributed by atoms with Crippen molar-refractivity contribution in [1.29, 1.82) is 5.41 Å². The van der Waals surface area contributed by atoms with Crippen molar-refractivity contribution >= 4 is 69.4 Å². The van der Waals surface area contributed by atoms with E-state index in [1.54, 1.807) is 11.8 Å². The second kappa shape index (κ2) is 15.5. The molecule has 214 valence electrons. The minimum atomic E-state index is -0.133. The van der Waals surface area contributed by atoms with Crippen molar-refractivity contribution in [1.82, 2.24) is 20.4 Å². The highest BCUT2D eigenvalue weighted by Gasteiger charge is 2.15. The van der Waals surface area contributed by atoms with E-state index in [1.165, 1.54) is 28.9 Å². The zero-order valence-electron chi connectivity index (χ0n) is 22.8. The van der Waals surface area contributed by atoms with E-state index < -0.39 is 0 Å². The molecule has 0 saturated heterocycles. The summed E-state index contributed by atoms with van der Waals surface area (Å²) in [5, 5.41) is 32.5. The summed E-state index contributed by atoms with van der Waals surface area (Å²) in [6.45, 7) is 6.11. The third-order valence-corrected chi connectivity index (χ3v) is 8.97. The van der Waals surface area contributed by atoms with Gasteiger partial charge in [0.25, 0.3) is 0 Å². The van der Waals surface area contributed by atoms with Crippen molar-refractivity contribution in [2.45, 2.75) is 45.6 Å². The van der Waals surface area contributed by atoms with Crippen molar-refractivity contribution in [2.75, 3.05) is 22.1 Å². The Balaban J connectivity index is 1.12. The molecular formula is C28H32N8O2S3. The highest BCUT2D eigenvalue weighted by Crippen LogP contribution is 2.25. The van der Waals surface area contributed by atoms with Crippen molar-refractivity contribution in [3.8, 4) is 0 Å². The Hall–Kier alpha value is -3.55. The van der Waals surface area contributed by atoms with Crippen LogP contribution >= 0.6 is 34.4 Å². The van der Waals surface area contributed by atoms with Gasteiger partial charge in [0.05, 0.1) is 19.4 Å². The van der Waals surface area contributed by atoms with Crippen LogP contribution in [0, 0.1) is 11.3 Å². The molecule has 0 bridgehead atoms. The number of hydrogen-bond donors (Lipinski definition) is 3. The maximum absolute atomic E-state index is 12.4. The summed E-state index contributed by atoms with van der Waals surface area (Å²) < 4.78 is 0. The first-order chi connectivity index (χ1) is 19.9. The van der Waals surface area contributed by atoms with Gasteiger partial charge in [-0.3, -0.25) is 14.6 Å². The number of allylic oxidation sites excluding steroid dienone is 3. The van der Waals surface area contributed by atoms with Crippen LogP contribution in [-0.2, 0) is 35.4 Å². The molecule has 3 N–H and O–H groups in total. The Morgan fingerprint density at radius 1 is 1.05 bits per heavy atom. The number of carbonyl (C=O) groups excluding carboxylic acids is 2. The van der Waals surface area contributed by atoms with Crippen LogP contribution in [0.15, 0.2) is 52.6 Å². The van der Waals surface area contributed by atoms with Gasteiger partial charge in [-0.15, -0.1) is 20.4 Å². The number of anilines is 2. The highest BCUT2D eigenvalue weighted by molar-refractivity contribution is 7.99. The number of benzene rings is 1. The molecule has 1 aliphatic rings. The predicted molar refractivity (Wildman–Crippen MR) is 169 cm³/mol. The number of carbonyl (C=O) groups is 2. The second-order valence-electron chi connectivity index (χ2n) is 9.47. The molecule has 1 aromatic carbocycles. The molecule has 2 amide bonds. The first-order valence-electron chi connectivity index (χ1n) is 13.2. The Morgan fingerprint density at radius 2 is 1.68 bits per heavy atom. The summed E-state index contributed by atoms with van der Waals surface area (Å²) in [5.74, 6) is 1.78. The van der Waals surface area contributed by atoms with Gasteiger partial charge in [-0.05, 0) is 52.8 Å². The lowest BCUT2D eigenvalue weighted by Gasteiger charge is -2.16. The van der Waals surface area contributed by atoms with E-state index in [9.17, 15) is 9.59 Å². The normalized spacial score (nSPS) is 14.6. The summed E-state index contributed by atoms with van der Waals surface area (Å²) in [7, 11) is 0. The van der Waals surface area contributed by atoms with Crippen molar-refractivity contribution < 1.29 is 9.59 Å². The van der Waals surface area contributed by atoms with Crippen LogP contribution < -0.4 is 10.6 Å². The maximum Gasteiger partial charge on any atom is 0.230 e. The molecule has 2 heterocycles. The molecule has 0 fully saturated rings. The Morgan fingerprint density at radius 3 is 2.32 bits per heavy atom. The van der Waals surface area contributed by atoms with Crippen LogP contribution in [0.5, 0.6) is 0 Å². The minimum Gasteiger partial charge on any atom is -0.308 e. The van der Waals surface area contributed by atoms with Crippen LogP contribution in [0.4, 0.5) is 10.3 Å². The summed E-state index contributed by atoms with van der Waals surface area (Å²) in [4.78, 5) is 28.7. The SMILES string of the molecule is C=NCc1cccc(CC(=O)Nc2nnc(CCSCCc3nnc(NC(=O)CC4=CCC(C)C(C=N)=C4)s3)s2)c1. The van der Waals surface area contributed by atoms with E-state index in [0.717, 1.165) is 63.1 Å². The van der Waals surface area contributed by atoms with E-state index in [1.807, 2.05) is 30.3 Å². The maximum atomic E-state index is 12.4. The average Bonchev–Trinajstić information content (AvgIpc) is 3.59. The topological polar surface area (TPSA) is 146 Å². The fourth-order valence-corrected chi connectivity index (χ4v) is 6.73. The van der Waals surface area contributed by atoms with Gasteiger partial charge < -0.3 is 16.0 Å². The fourth-order valence-electron chi connectivity index (χ4n) is 4.08. The average molecular weight is 609 g/mol. The Labute approximate surface area is 251 Å². The van der Waals surface area contributed by atoms with E-state index >= 15 is 0 Å². The third-order valence-electron chi connectivity index (χ3n) is 6.18. The summed E-state index contributed by atoms with van der Waals surface area (Å²) >= 11 is 4.56. The smallest absolute Gasteiger partial charge is 0.230 e. The van der Waals surface area contributed by atoms with Gasteiger partial charge >= 0.3 is 0 Å². The molecule has 2 aromatic heterocycles. The van der Waals surface area contributed by atoms with Gasteiger partial charge in [-0.2, -0.15) is 11.8 Å². The van der Waals surface area contributed by atoms with Gasteiger partial charge in [0, 0.05) is 19.1 Å². The van der Waals surface area contributed by atoms with Gasteiger partial charge in [-0.1, -0.05) is 66.0 Å².